The van der Waals surface area contributed by atoms with Gasteiger partial charge in [0.15, 0.2) is 0 Å². The normalized spacial score (nSPS) is 12.2. The van der Waals surface area contributed by atoms with Crippen LogP contribution >= 0.6 is 0 Å². The average Bonchev–Trinajstić information content (AvgIpc) is 2.30. The number of carbonyl (C=O) groups excluding carboxylic acids is 1. The molecule has 5 N–H and O–H groups in total. The fourth-order valence-electron chi connectivity index (χ4n) is 1.33. The van der Waals surface area contributed by atoms with Crippen molar-refractivity contribution in [2.24, 2.45) is 11.5 Å². The summed E-state index contributed by atoms with van der Waals surface area (Å²) in [5.74, 6) is -0.328. The van der Waals surface area contributed by atoms with Gasteiger partial charge in [0.2, 0.25) is 0 Å². The van der Waals surface area contributed by atoms with Crippen molar-refractivity contribution in [2.75, 3.05) is 7.11 Å². The number of hydrogen-bond donors (Lipinski definition) is 3. The molecule has 0 aromatic heterocycles. The van der Waals surface area contributed by atoms with Crippen LogP contribution in [0.1, 0.15) is 11.1 Å². The van der Waals surface area contributed by atoms with Crippen molar-refractivity contribution >= 4 is 5.91 Å². The number of amides is 1. The Labute approximate surface area is 94.7 Å². The molecule has 0 saturated heterocycles. The Morgan fingerprint density at radius 2 is 1.94 bits per heavy atom. The fraction of sp³-hybridized carbons (Fsp3) is 0.364. The van der Waals surface area contributed by atoms with Gasteiger partial charge in [-0.1, -0.05) is 24.3 Å². The molecule has 5 nitrogen and oxygen atoms in total. The minimum absolute atomic E-state index is 0.328. The average molecular weight is 223 g/mol. The number of nitrogens with one attached hydrogen (secondary N) is 1. The zero-order chi connectivity index (χ0) is 12.0. The standard InChI is InChI=1S/C11H17N3O2/c1-16-14-11(15)10(13)6-8-2-4-9(7-12)5-3-8/h2-5,10H,6-7,12-13H2,1H3,(H,14,15)/t10-/m1/s1. The molecule has 0 aliphatic carbocycles. The number of nitrogens with two attached hydrogens (primary N) is 2. The van der Waals surface area contributed by atoms with Gasteiger partial charge in [-0.3, -0.25) is 9.63 Å². The Bertz CT molecular complexity index is 338. The van der Waals surface area contributed by atoms with Crippen LogP contribution in [0, 0.1) is 0 Å². The highest BCUT2D eigenvalue weighted by Gasteiger charge is 2.13. The Morgan fingerprint density at radius 3 is 2.44 bits per heavy atom. The van der Waals surface area contributed by atoms with Crippen LogP contribution in [-0.4, -0.2) is 19.1 Å². The van der Waals surface area contributed by atoms with E-state index in [1.54, 1.807) is 0 Å². The van der Waals surface area contributed by atoms with Crippen molar-refractivity contribution in [1.29, 1.82) is 0 Å². The molecule has 0 spiro atoms. The van der Waals surface area contributed by atoms with Crippen LogP contribution in [0.3, 0.4) is 0 Å². The van der Waals surface area contributed by atoms with Crippen molar-refractivity contribution < 1.29 is 9.63 Å². The third-order valence-corrected chi connectivity index (χ3v) is 2.25. The number of benzene rings is 1. The van der Waals surface area contributed by atoms with E-state index in [1.165, 1.54) is 7.11 Å². The SMILES string of the molecule is CONC(=O)[C@H](N)Cc1ccc(CN)cc1. The number of hydroxylamine groups is 1. The van der Waals surface area contributed by atoms with Crippen molar-refractivity contribution in [3.63, 3.8) is 0 Å². The molecule has 1 rings (SSSR count). The third kappa shape index (κ3) is 3.62. The second-order valence-electron chi connectivity index (χ2n) is 3.50. The summed E-state index contributed by atoms with van der Waals surface area (Å²) in [5, 5.41) is 0. The van der Waals surface area contributed by atoms with Gasteiger partial charge in [0.1, 0.15) is 0 Å². The Balaban J connectivity index is 2.55. The van der Waals surface area contributed by atoms with Crippen LogP contribution in [0.4, 0.5) is 0 Å². The summed E-state index contributed by atoms with van der Waals surface area (Å²) in [7, 11) is 1.38. The van der Waals surface area contributed by atoms with Crippen molar-refractivity contribution in [1.82, 2.24) is 5.48 Å². The predicted molar refractivity (Wildman–Crippen MR) is 61.2 cm³/mol. The van der Waals surface area contributed by atoms with Crippen LogP contribution in [-0.2, 0) is 22.6 Å². The summed E-state index contributed by atoms with van der Waals surface area (Å²) in [6.45, 7) is 0.510. The van der Waals surface area contributed by atoms with E-state index in [9.17, 15) is 4.79 Å². The molecule has 1 amide bonds. The van der Waals surface area contributed by atoms with Crippen LogP contribution < -0.4 is 16.9 Å². The minimum Gasteiger partial charge on any atom is -0.326 e. The molecule has 1 atom stereocenters. The first-order chi connectivity index (χ1) is 7.67. The summed E-state index contributed by atoms with van der Waals surface area (Å²) >= 11 is 0. The quantitative estimate of drug-likeness (QED) is 0.597. The maximum atomic E-state index is 11.3. The first kappa shape index (κ1) is 12.6. The second-order valence-corrected chi connectivity index (χ2v) is 3.50. The van der Waals surface area contributed by atoms with Crippen LogP contribution in [0.15, 0.2) is 24.3 Å². The highest BCUT2D eigenvalue weighted by molar-refractivity contribution is 5.80. The van der Waals surface area contributed by atoms with Gasteiger partial charge < -0.3 is 11.5 Å². The molecule has 0 aliphatic heterocycles. The smallest absolute Gasteiger partial charge is 0.260 e. The van der Waals surface area contributed by atoms with Crippen molar-refractivity contribution in [3.05, 3.63) is 35.4 Å². The van der Waals surface area contributed by atoms with Crippen LogP contribution in [0.2, 0.25) is 0 Å². The topological polar surface area (TPSA) is 90.4 Å². The maximum Gasteiger partial charge on any atom is 0.260 e. The lowest BCUT2D eigenvalue weighted by molar-refractivity contribution is -0.132. The lowest BCUT2D eigenvalue weighted by Crippen LogP contribution is -2.41. The van der Waals surface area contributed by atoms with Crippen LogP contribution in [0.5, 0.6) is 0 Å². The fourth-order valence-corrected chi connectivity index (χ4v) is 1.33. The minimum atomic E-state index is -0.608. The molecule has 5 heteroatoms. The van der Waals surface area contributed by atoms with E-state index < -0.39 is 6.04 Å². The Kier molecular flexibility index (Phi) is 4.91. The largest absolute Gasteiger partial charge is 0.326 e. The van der Waals surface area contributed by atoms with Gasteiger partial charge in [0.25, 0.3) is 5.91 Å². The highest BCUT2D eigenvalue weighted by atomic mass is 16.6. The van der Waals surface area contributed by atoms with Crippen molar-refractivity contribution in [2.45, 2.75) is 19.0 Å². The maximum absolute atomic E-state index is 11.3. The molecule has 0 radical (unpaired) electrons. The predicted octanol–water partition coefficient (Wildman–Crippen LogP) is -0.307. The molecule has 0 aliphatic rings. The van der Waals surface area contributed by atoms with Gasteiger partial charge in [-0.25, -0.2) is 5.48 Å². The molecule has 0 unspecified atom stereocenters. The van der Waals surface area contributed by atoms with Crippen molar-refractivity contribution in [3.8, 4) is 0 Å². The first-order valence-corrected chi connectivity index (χ1v) is 5.03. The number of carbonyl (C=O) groups is 1. The van der Waals surface area contributed by atoms with E-state index in [0.29, 0.717) is 13.0 Å². The molecule has 0 heterocycles. The second kappa shape index (κ2) is 6.22. The number of hydrogen-bond acceptors (Lipinski definition) is 4. The summed E-state index contributed by atoms with van der Waals surface area (Å²) in [6, 6.07) is 7.08. The first-order valence-electron chi connectivity index (χ1n) is 5.03. The van der Waals surface area contributed by atoms with Gasteiger partial charge in [-0.15, -0.1) is 0 Å². The molecular weight excluding hydrogens is 206 g/mol. The van der Waals surface area contributed by atoms with Gasteiger partial charge in [0.05, 0.1) is 13.2 Å². The molecule has 1 aromatic rings. The Morgan fingerprint density at radius 1 is 1.38 bits per heavy atom. The monoisotopic (exact) mass is 223 g/mol. The molecule has 0 saturated carbocycles. The molecule has 0 fully saturated rings. The van der Waals surface area contributed by atoms with E-state index >= 15 is 0 Å². The molecular formula is C11H17N3O2. The lowest BCUT2D eigenvalue weighted by Gasteiger charge is -2.10. The highest BCUT2D eigenvalue weighted by Crippen LogP contribution is 2.05. The van der Waals surface area contributed by atoms with E-state index in [4.69, 9.17) is 11.5 Å². The van der Waals surface area contributed by atoms with E-state index in [2.05, 4.69) is 10.3 Å². The van der Waals surface area contributed by atoms with Gasteiger partial charge >= 0.3 is 0 Å². The molecule has 88 valence electrons. The summed E-state index contributed by atoms with van der Waals surface area (Å²) < 4.78 is 0. The summed E-state index contributed by atoms with van der Waals surface area (Å²) in [6.07, 6.45) is 0.472. The zero-order valence-electron chi connectivity index (χ0n) is 9.27. The Hall–Kier alpha value is -1.43. The number of rotatable bonds is 5. The van der Waals surface area contributed by atoms with Gasteiger partial charge in [-0.05, 0) is 17.5 Å². The summed E-state index contributed by atoms with van der Waals surface area (Å²) in [5.41, 5.74) is 15.4. The molecule has 0 bridgehead atoms. The van der Waals surface area contributed by atoms with Crippen LogP contribution in [0.25, 0.3) is 0 Å². The molecule has 16 heavy (non-hydrogen) atoms. The zero-order valence-corrected chi connectivity index (χ0v) is 9.27. The van der Waals surface area contributed by atoms with E-state index in [-0.39, 0.29) is 5.91 Å². The lowest BCUT2D eigenvalue weighted by atomic mass is 10.0. The molecule has 1 aromatic carbocycles. The van der Waals surface area contributed by atoms with Gasteiger partial charge in [-0.2, -0.15) is 0 Å². The van der Waals surface area contributed by atoms with E-state index in [1.807, 2.05) is 24.3 Å². The van der Waals surface area contributed by atoms with Gasteiger partial charge in [0, 0.05) is 6.54 Å². The summed E-state index contributed by atoms with van der Waals surface area (Å²) in [4.78, 5) is 15.8. The van der Waals surface area contributed by atoms with E-state index in [0.717, 1.165) is 11.1 Å². The third-order valence-electron chi connectivity index (χ3n) is 2.25.